The molecular weight excluding hydrogens is 448 g/mol. The molecule has 196 valence electrons. The van der Waals surface area contributed by atoms with Gasteiger partial charge >= 0.3 is 0 Å². The molecule has 4 saturated carbocycles. The molecule has 3 N–H and O–H groups in total. The predicted molar refractivity (Wildman–Crippen MR) is 143 cm³/mol. The summed E-state index contributed by atoms with van der Waals surface area (Å²) in [7, 11) is 0. The van der Waals surface area contributed by atoms with Crippen LogP contribution in [0.25, 0.3) is 0 Å². The van der Waals surface area contributed by atoms with Crippen LogP contribution < -0.4 is 0 Å². The van der Waals surface area contributed by atoms with Crippen molar-refractivity contribution in [2.75, 3.05) is 0 Å². The minimum absolute atomic E-state index is 0.231. The zero-order valence-electron chi connectivity index (χ0n) is 22.2. The summed E-state index contributed by atoms with van der Waals surface area (Å²) in [4.78, 5) is 0. The quantitative estimate of drug-likeness (QED) is 0.407. The highest BCUT2D eigenvalue weighted by Crippen LogP contribution is 2.60. The van der Waals surface area contributed by atoms with E-state index in [0.717, 1.165) is 41.9 Å². The Balaban J connectivity index is 1.29. The van der Waals surface area contributed by atoms with Crippen LogP contribution in [-0.2, 0) is 5.41 Å². The number of hydrogen-bond acceptors (Lipinski definition) is 4. The van der Waals surface area contributed by atoms with Gasteiger partial charge in [-0.25, -0.2) is 0 Å². The van der Waals surface area contributed by atoms with Crippen molar-refractivity contribution in [1.82, 2.24) is 0 Å². The van der Waals surface area contributed by atoms with Crippen LogP contribution in [0.15, 0.2) is 64.2 Å². The summed E-state index contributed by atoms with van der Waals surface area (Å²) in [5.41, 5.74) is 3.29. The number of allylic oxidation sites excluding steroid dienone is 4. The van der Waals surface area contributed by atoms with E-state index in [1.807, 2.05) is 25.1 Å². The van der Waals surface area contributed by atoms with E-state index in [-0.39, 0.29) is 10.8 Å². The van der Waals surface area contributed by atoms with Gasteiger partial charge in [0.1, 0.15) is 11.5 Å². The fraction of sp³-hybridized carbons (Fsp3) is 0.625. The molecule has 0 spiro atoms. The first-order valence-electron chi connectivity index (χ1n) is 14.0. The number of hydrogen-bond donors (Lipinski definition) is 3. The van der Waals surface area contributed by atoms with Crippen molar-refractivity contribution < 1.29 is 19.7 Å². The van der Waals surface area contributed by atoms with E-state index < -0.39 is 18.3 Å². The fourth-order valence-corrected chi connectivity index (χ4v) is 7.73. The molecule has 4 aliphatic rings. The minimum Gasteiger partial charge on any atom is -0.466 e. The number of aliphatic hydroxyl groups is 3. The lowest BCUT2D eigenvalue weighted by Gasteiger charge is -2.44. The molecule has 0 saturated heterocycles. The van der Waals surface area contributed by atoms with Crippen molar-refractivity contribution >= 4 is 0 Å². The second-order valence-electron chi connectivity index (χ2n) is 12.4. The highest BCUT2D eigenvalue weighted by Gasteiger charge is 2.53. The minimum atomic E-state index is -0.638. The number of fused-ring (bicyclic) bond motifs is 1. The van der Waals surface area contributed by atoms with Gasteiger partial charge in [-0.2, -0.15) is 0 Å². The van der Waals surface area contributed by atoms with Crippen LogP contribution in [0.2, 0.25) is 0 Å². The van der Waals surface area contributed by atoms with Crippen molar-refractivity contribution in [3.63, 3.8) is 0 Å². The van der Waals surface area contributed by atoms with Crippen LogP contribution in [0.3, 0.4) is 0 Å². The summed E-state index contributed by atoms with van der Waals surface area (Å²) >= 11 is 0. The molecular formula is C32H44O4. The van der Waals surface area contributed by atoms with Gasteiger partial charge in [0.15, 0.2) is 0 Å². The zero-order chi connectivity index (χ0) is 25.7. The van der Waals surface area contributed by atoms with E-state index in [0.29, 0.717) is 30.6 Å². The summed E-state index contributed by atoms with van der Waals surface area (Å²) in [6.45, 7) is 10.8. The zero-order valence-corrected chi connectivity index (χ0v) is 22.2. The average molecular weight is 493 g/mol. The van der Waals surface area contributed by atoms with Gasteiger partial charge in [0, 0.05) is 6.42 Å². The molecule has 0 aromatic carbocycles. The van der Waals surface area contributed by atoms with E-state index >= 15 is 0 Å². The molecule has 4 nitrogen and oxygen atoms in total. The molecule has 4 heteroatoms. The van der Waals surface area contributed by atoms with Crippen molar-refractivity contribution in [3.05, 3.63) is 71.3 Å². The Kier molecular flexibility index (Phi) is 6.99. The molecule has 1 aromatic rings. The van der Waals surface area contributed by atoms with Gasteiger partial charge < -0.3 is 19.7 Å². The van der Waals surface area contributed by atoms with Gasteiger partial charge in [0.05, 0.1) is 23.7 Å². The van der Waals surface area contributed by atoms with Gasteiger partial charge in [-0.3, -0.25) is 0 Å². The second kappa shape index (κ2) is 9.78. The maximum Gasteiger partial charge on any atom is 0.113 e. The predicted octanol–water partition coefficient (Wildman–Crippen LogP) is 6.31. The third kappa shape index (κ3) is 4.61. The number of aryl methyl sites for hydroxylation is 1. The molecule has 1 heterocycles. The van der Waals surface area contributed by atoms with Gasteiger partial charge in [-0.15, -0.1) is 0 Å². The molecule has 4 aliphatic carbocycles. The molecule has 4 fully saturated rings. The maximum atomic E-state index is 11.1. The molecule has 0 radical (unpaired) electrons. The van der Waals surface area contributed by atoms with Gasteiger partial charge in [-0.1, -0.05) is 50.3 Å². The molecule has 0 aliphatic heterocycles. The van der Waals surface area contributed by atoms with Crippen molar-refractivity contribution in [2.24, 2.45) is 23.2 Å². The number of aliphatic hydroxyl groups excluding tert-OH is 3. The van der Waals surface area contributed by atoms with Crippen LogP contribution in [0, 0.1) is 30.1 Å². The van der Waals surface area contributed by atoms with Gasteiger partial charge in [0.2, 0.25) is 0 Å². The van der Waals surface area contributed by atoms with Crippen molar-refractivity contribution in [3.8, 4) is 0 Å². The van der Waals surface area contributed by atoms with Crippen LogP contribution >= 0.6 is 0 Å². The normalized spacial score (nSPS) is 38.0. The van der Waals surface area contributed by atoms with Crippen LogP contribution in [-0.4, -0.2) is 33.6 Å². The lowest BCUT2D eigenvalue weighted by Crippen LogP contribution is -2.35. The first-order chi connectivity index (χ1) is 17.1. The lowest BCUT2D eigenvalue weighted by atomic mass is 9.61. The first kappa shape index (κ1) is 25.8. The largest absolute Gasteiger partial charge is 0.466 e. The smallest absolute Gasteiger partial charge is 0.113 e. The summed E-state index contributed by atoms with van der Waals surface area (Å²) in [6, 6.07) is 4.02. The van der Waals surface area contributed by atoms with E-state index in [4.69, 9.17) is 4.42 Å². The Hall–Kier alpha value is -1.88. The highest BCUT2D eigenvalue weighted by molar-refractivity contribution is 5.39. The molecule has 5 rings (SSSR count). The fourth-order valence-electron chi connectivity index (χ4n) is 7.73. The summed E-state index contributed by atoms with van der Waals surface area (Å²) in [5, 5.41) is 31.4. The Morgan fingerprint density at radius 1 is 1.11 bits per heavy atom. The Bertz CT molecular complexity index is 1070. The second-order valence-corrected chi connectivity index (χ2v) is 12.4. The number of furan rings is 1. The van der Waals surface area contributed by atoms with E-state index in [9.17, 15) is 15.3 Å². The van der Waals surface area contributed by atoms with Crippen LogP contribution in [0.4, 0.5) is 0 Å². The summed E-state index contributed by atoms with van der Waals surface area (Å²) in [5.74, 6) is 3.40. The summed E-state index contributed by atoms with van der Waals surface area (Å²) in [6.07, 6.45) is 16.0. The highest BCUT2D eigenvalue weighted by atomic mass is 16.3. The van der Waals surface area contributed by atoms with E-state index in [1.165, 1.54) is 31.3 Å². The van der Waals surface area contributed by atoms with Crippen LogP contribution in [0.1, 0.15) is 83.2 Å². The van der Waals surface area contributed by atoms with E-state index in [2.05, 4.69) is 38.7 Å². The molecule has 0 bridgehead atoms. The lowest BCUT2D eigenvalue weighted by molar-refractivity contribution is 0.0862. The standard InChI is InChI=1S/C32H44O4/c1-20(7-13-29(35)32(16-17-32)30-14-8-21(2)36-30)26-11-12-27-23(6-5-15-31(26,27)4)9-10-24-18-25(33)19-28(34)22(24)3/h7-10,13-14,20,25-29,33-35H,3,5-6,11-12,15-19H2,1-2,4H3/t20-,25-,26-,27+,28+,29+,31-/m1/s1. The van der Waals surface area contributed by atoms with Gasteiger partial charge in [-0.05, 0) is 105 Å². The molecule has 36 heavy (non-hydrogen) atoms. The van der Waals surface area contributed by atoms with Crippen molar-refractivity contribution in [1.29, 1.82) is 0 Å². The van der Waals surface area contributed by atoms with Gasteiger partial charge in [0.25, 0.3) is 0 Å². The SMILES string of the molecule is C=C1C(=CC=C2CCC[C@]3(C)[C@@H]([C@H](C)C=C[C@H](O)C4(c5ccc(C)o5)CC4)CC[C@@H]23)C[C@@H](O)C[C@@H]1O. The van der Waals surface area contributed by atoms with Crippen LogP contribution in [0.5, 0.6) is 0 Å². The van der Waals surface area contributed by atoms with Crippen molar-refractivity contribution in [2.45, 2.75) is 102 Å². The monoisotopic (exact) mass is 492 g/mol. The Labute approximate surface area is 216 Å². The summed E-state index contributed by atoms with van der Waals surface area (Å²) < 4.78 is 5.88. The molecule has 7 atom stereocenters. The molecule has 1 aromatic heterocycles. The third-order valence-electron chi connectivity index (χ3n) is 10.1. The van der Waals surface area contributed by atoms with E-state index in [1.54, 1.807) is 0 Å². The number of rotatable bonds is 6. The average Bonchev–Trinajstić information content (AvgIpc) is 3.41. The molecule has 0 amide bonds. The Morgan fingerprint density at radius 3 is 2.58 bits per heavy atom. The Morgan fingerprint density at radius 2 is 1.89 bits per heavy atom. The topological polar surface area (TPSA) is 73.8 Å². The molecule has 0 unspecified atom stereocenters. The first-order valence-corrected chi connectivity index (χ1v) is 14.0. The third-order valence-corrected chi connectivity index (χ3v) is 10.1. The maximum absolute atomic E-state index is 11.1.